The van der Waals surface area contributed by atoms with E-state index in [2.05, 4.69) is 5.32 Å². The van der Waals surface area contributed by atoms with Crippen LogP contribution in [0.2, 0.25) is 0 Å². The van der Waals surface area contributed by atoms with Crippen molar-refractivity contribution in [2.24, 2.45) is 5.73 Å². The van der Waals surface area contributed by atoms with Crippen molar-refractivity contribution in [3.05, 3.63) is 0 Å². The number of nitrogens with one attached hydrogen (secondary N) is 1. The van der Waals surface area contributed by atoms with E-state index in [1.165, 1.54) is 0 Å². The molecule has 1 aliphatic heterocycles. The van der Waals surface area contributed by atoms with Gasteiger partial charge < -0.3 is 30.9 Å². The summed E-state index contributed by atoms with van der Waals surface area (Å²) in [6.07, 6.45) is 0. The monoisotopic (exact) mass is 263 g/mol. The molecule has 104 valence electrons. The van der Waals surface area contributed by atoms with E-state index in [0.717, 1.165) is 0 Å². The first-order valence-electron chi connectivity index (χ1n) is 5.25. The average Bonchev–Trinajstić information content (AvgIpc) is 2.37. The van der Waals surface area contributed by atoms with Crippen molar-refractivity contribution in [2.75, 3.05) is 39.4 Å². The van der Waals surface area contributed by atoms with Gasteiger partial charge in [0.2, 0.25) is 0 Å². The summed E-state index contributed by atoms with van der Waals surface area (Å²) < 4.78 is 5.11. The van der Waals surface area contributed by atoms with Gasteiger partial charge in [-0.05, 0) is 0 Å². The summed E-state index contributed by atoms with van der Waals surface area (Å²) in [6, 6.07) is -0.0382. The van der Waals surface area contributed by atoms with Gasteiger partial charge in [0.1, 0.15) is 0 Å². The molecule has 18 heavy (non-hydrogen) atoms. The molecule has 1 rings (SSSR count). The predicted molar refractivity (Wildman–Crippen MR) is 60.1 cm³/mol. The lowest BCUT2D eigenvalue weighted by molar-refractivity contribution is -0.159. The number of hydrogen-bond donors (Lipinski definition) is 4. The maximum atomic E-state index is 11.3. The van der Waals surface area contributed by atoms with Crippen molar-refractivity contribution in [2.45, 2.75) is 0 Å². The van der Waals surface area contributed by atoms with E-state index < -0.39 is 11.9 Å². The Bertz CT molecular complexity index is 278. The molecule has 1 heterocycles. The molecule has 0 atom stereocenters. The molecule has 1 aliphatic rings. The molecule has 0 aromatic rings. The van der Waals surface area contributed by atoms with Crippen LogP contribution in [0.3, 0.4) is 0 Å². The van der Waals surface area contributed by atoms with Crippen LogP contribution >= 0.6 is 0 Å². The Hall–Kier alpha value is -1.87. The van der Waals surface area contributed by atoms with Gasteiger partial charge in [0.25, 0.3) is 0 Å². The second kappa shape index (κ2) is 9.19. The maximum absolute atomic E-state index is 11.3. The molecule has 0 aromatic carbocycles. The van der Waals surface area contributed by atoms with Crippen LogP contribution in [0, 0.1) is 0 Å². The molecule has 0 aliphatic carbocycles. The molecule has 0 aromatic heterocycles. The largest absolute Gasteiger partial charge is 0.473 e. The van der Waals surface area contributed by atoms with Gasteiger partial charge in [-0.25, -0.2) is 14.4 Å². The van der Waals surface area contributed by atoms with Gasteiger partial charge in [-0.3, -0.25) is 0 Å². The van der Waals surface area contributed by atoms with Crippen LogP contribution in [0.5, 0.6) is 0 Å². The Kier molecular flexibility index (Phi) is 8.24. The second-order valence-electron chi connectivity index (χ2n) is 3.23. The van der Waals surface area contributed by atoms with Crippen LogP contribution < -0.4 is 11.1 Å². The molecule has 0 radical (unpaired) electrons. The predicted octanol–water partition coefficient (Wildman–Crippen LogP) is -1.86. The number of amides is 2. The van der Waals surface area contributed by atoms with Gasteiger partial charge >= 0.3 is 18.0 Å². The zero-order valence-corrected chi connectivity index (χ0v) is 9.79. The average molecular weight is 263 g/mol. The first kappa shape index (κ1) is 16.1. The van der Waals surface area contributed by atoms with Gasteiger partial charge in [0.05, 0.1) is 13.2 Å². The third-order valence-electron chi connectivity index (χ3n) is 1.90. The van der Waals surface area contributed by atoms with Crippen LogP contribution in [-0.4, -0.2) is 72.5 Å². The number of aliphatic carboxylic acids is 2. The fourth-order valence-electron chi connectivity index (χ4n) is 1.06. The Labute approximate surface area is 103 Å². The molecule has 1 fully saturated rings. The molecule has 9 nitrogen and oxygen atoms in total. The summed E-state index contributed by atoms with van der Waals surface area (Å²) in [7, 11) is 0. The van der Waals surface area contributed by atoms with Gasteiger partial charge in [-0.1, -0.05) is 0 Å². The zero-order chi connectivity index (χ0) is 14.0. The number of morpholine rings is 1. The van der Waals surface area contributed by atoms with E-state index in [0.29, 0.717) is 39.4 Å². The summed E-state index contributed by atoms with van der Waals surface area (Å²) in [5.41, 5.74) is 5.25. The van der Waals surface area contributed by atoms with Crippen LogP contribution in [0.25, 0.3) is 0 Å². The number of carboxylic acid groups (broad SMARTS) is 2. The topological polar surface area (TPSA) is 142 Å². The van der Waals surface area contributed by atoms with Gasteiger partial charge in [0, 0.05) is 26.2 Å². The standard InChI is InChI=1S/C7H15N3O2.C2H2O4/c8-1-2-9-7(11)10-3-5-12-6-4-10;3-1(4)2(5)6/h1-6,8H2,(H,9,11);(H,3,4)(H,5,6). The number of nitrogens with zero attached hydrogens (tertiary/aromatic N) is 1. The molecule has 0 unspecified atom stereocenters. The van der Waals surface area contributed by atoms with Crippen molar-refractivity contribution in [3.63, 3.8) is 0 Å². The van der Waals surface area contributed by atoms with Gasteiger partial charge in [-0.15, -0.1) is 0 Å². The second-order valence-corrected chi connectivity index (χ2v) is 3.23. The fraction of sp³-hybridized carbons (Fsp3) is 0.667. The van der Waals surface area contributed by atoms with Crippen molar-refractivity contribution >= 4 is 18.0 Å². The van der Waals surface area contributed by atoms with E-state index in [1.807, 2.05) is 0 Å². The molecule has 2 amide bonds. The van der Waals surface area contributed by atoms with E-state index in [4.69, 9.17) is 30.3 Å². The van der Waals surface area contributed by atoms with Gasteiger partial charge in [-0.2, -0.15) is 0 Å². The fourth-order valence-corrected chi connectivity index (χ4v) is 1.06. The number of carbonyl (C=O) groups is 3. The Morgan fingerprint density at radius 2 is 1.67 bits per heavy atom. The van der Waals surface area contributed by atoms with Crippen LogP contribution in [0.1, 0.15) is 0 Å². The van der Waals surface area contributed by atoms with E-state index in [9.17, 15) is 4.79 Å². The minimum absolute atomic E-state index is 0.0382. The van der Waals surface area contributed by atoms with E-state index >= 15 is 0 Å². The highest BCUT2D eigenvalue weighted by atomic mass is 16.5. The normalized spacial score (nSPS) is 14.2. The highest BCUT2D eigenvalue weighted by Gasteiger charge is 2.15. The summed E-state index contributed by atoms with van der Waals surface area (Å²) in [5.74, 6) is -3.65. The Balaban J connectivity index is 0.000000411. The molecule has 9 heteroatoms. The van der Waals surface area contributed by atoms with Crippen LogP contribution in [0.4, 0.5) is 4.79 Å². The molecular weight excluding hydrogens is 246 g/mol. The lowest BCUT2D eigenvalue weighted by Crippen LogP contribution is -2.47. The lowest BCUT2D eigenvalue weighted by atomic mass is 10.4. The Morgan fingerprint density at radius 1 is 1.17 bits per heavy atom. The molecule has 0 saturated carbocycles. The number of carboxylic acids is 2. The summed E-state index contributed by atoms with van der Waals surface area (Å²) >= 11 is 0. The first-order chi connectivity index (χ1) is 8.49. The number of rotatable bonds is 2. The van der Waals surface area contributed by atoms with Crippen molar-refractivity contribution < 1.29 is 29.3 Å². The number of urea groups is 1. The highest BCUT2D eigenvalue weighted by Crippen LogP contribution is 1.95. The van der Waals surface area contributed by atoms with Crippen LogP contribution in [0.15, 0.2) is 0 Å². The third-order valence-corrected chi connectivity index (χ3v) is 1.90. The number of ether oxygens (including phenoxy) is 1. The zero-order valence-electron chi connectivity index (χ0n) is 9.79. The molecule has 0 bridgehead atoms. The highest BCUT2D eigenvalue weighted by molar-refractivity contribution is 6.27. The molecule has 1 saturated heterocycles. The van der Waals surface area contributed by atoms with Crippen LogP contribution in [-0.2, 0) is 14.3 Å². The summed E-state index contributed by atoms with van der Waals surface area (Å²) in [6.45, 7) is 3.64. The summed E-state index contributed by atoms with van der Waals surface area (Å²) in [5, 5.41) is 17.5. The quantitative estimate of drug-likeness (QED) is 0.428. The SMILES string of the molecule is NCCNC(=O)N1CCOCC1.O=C(O)C(=O)O. The van der Waals surface area contributed by atoms with Gasteiger partial charge in [0.15, 0.2) is 0 Å². The molecule has 5 N–H and O–H groups in total. The first-order valence-corrected chi connectivity index (χ1v) is 5.25. The number of hydrogen-bond acceptors (Lipinski definition) is 5. The Morgan fingerprint density at radius 3 is 2.06 bits per heavy atom. The van der Waals surface area contributed by atoms with Crippen molar-refractivity contribution in [1.29, 1.82) is 0 Å². The summed E-state index contributed by atoms with van der Waals surface area (Å²) in [4.78, 5) is 31.2. The minimum Gasteiger partial charge on any atom is -0.473 e. The smallest absolute Gasteiger partial charge is 0.414 e. The maximum Gasteiger partial charge on any atom is 0.414 e. The van der Waals surface area contributed by atoms with Crippen molar-refractivity contribution in [3.8, 4) is 0 Å². The number of carbonyl (C=O) groups excluding carboxylic acids is 1. The lowest BCUT2D eigenvalue weighted by Gasteiger charge is -2.26. The molecular formula is C9H17N3O6. The molecule has 0 spiro atoms. The van der Waals surface area contributed by atoms with E-state index in [-0.39, 0.29) is 6.03 Å². The third kappa shape index (κ3) is 7.41. The minimum atomic E-state index is -1.82. The van der Waals surface area contributed by atoms with Crippen molar-refractivity contribution in [1.82, 2.24) is 10.2 Å². The van der Waals surface area contributed by atoms with E-state index in [1.54, 1.807) is 4.90 Å². The number of nitrogens with two attached hydrogens (primary N) is 1.